The first-order valence-corrected chi connectivity index (χ1v) is 5.20. The van der Waals surface area contributed by atoms with Gasteiger partial charge in [0.15, 0.2) is 0 Å². The molecule has 1 aromatic heterocycles. The van der Waals surface area contributed by atoms with E-state index in [1.807, 2.05) is 6.07 Å². The summed E-state index contributed by atoms with van der Waals surface area (Å²) >= 11 is 6.96. The number of H-pyrrole nitrogens is 1. The van der Waals surface area contributed by atoms with Gasteiger partial charge in [-0.1, -0.05) is 22.0 Å². The Hall–Kier alpha value is -0.280. The zero-order chi connectivity index (χ0) is 8.72. The highest BCUT2D eigenvalue weighted by molar-refractivity contribution is 9.11. The molecular weight excluding hydrogens is 282 g/mol. The molecule has 12 heavy (non-hydrogen) atoms. The first-order valence-electron chi connectivity index (χ1n) is 3.62. The van der Waals surface area contributed by atoms with Gasteiger partial charge in [0.25, 0.3) is 0 Å². The van der Waals surface area contributed by atoms with Gasteiger partial charge in [-0.15, -0.1) is 0 Å². The molecule has 0 saturated heterocycles. The van der Waals surface area contributed by atoms with Crippen LogP contribution in [0.3, 0.4) is 0 Å². The van der Waals surface area contributed by atoms with Crippen LogP contribution in [0.15, 0.2) is 27.1 Å². The van der Waals surface area contributed by atoms with Crippen LogP contribution < -0.4 is 0 Å². The lowest BCUT2D eigenvalue weighted by Crippen LogP contribution is -1.68. The molecule has 0 fully saturated rings. The van der Waals surface area contributed by atoms with Gasteiger partial charge in [-0.3, -0.25) is 0 Å². The van der Waals surface area contributed by atoms with Gasteiger partial charge in [0.05, 0.1) is 0 Å². The van der Waals surface area contributed by atoms with Crippen molar-refractivity contribution in [3.05, 3.63) is 32.8 Å². The molecule has 0 bridgehead atoms. The van der Waals surface area contributed by atoms with E-state index in [-0.39, 0.29) is 0 Å². The van der Waals surface area contributed by atoms with Gasteiger partial charge in [-0.05, 0) is 35.0 Å². The molecule has 0 aliphatic rings. The minimum absolute atomic E-state index is 1.10. The summed E-state index contributed by atoms with van der Waals surface area (Å²) in [6.45, 7) is 2.05. The maximum Gasteiger partial charge on any atom is 0.0479 e. The topological polar surface area (TPSA) is 15.8 Å². The molecule has 1 nitrogen and oxygen atoms in total. The van der Waals surface area contributed by atoms with Crippen LogP contribution in [0, 0.1) is 6.92 Å². The molecule has 0 spiro atoms. The Bertz CT molecular complexity index is 431. The van der Waals surface area contributed by atoms with Crippen molar-refractivity contribution in [2.75, 3.05) is 0 Å². The van der Waals surface area contributed by atoms with Crippen molar-refractivity contribution in [3.63, 3.8) is 0 Å². The molecule has 2 rings (SSSR count). The van der Waals surface area contributed by atoms with Crippen LogP contribution in [-0.4, -0.2) is 4.98 Å². The van der Waals surface area contributed by atoms with Crippen LogP contribution in [0.2, 0.25) is 0 Å². The summed E-state index contributed by atoms with van der Waals surface area (Å²) in [6, 6.07) is 6.21. The van der Waals surface area contributed by atoms with E-state index in [0.717, 1.165) is 14.5 Å². The smallest absolute Gasteiger partial charge is 0.0479 e. The average molecular weight is 289 g/mol. The van der Waals surface area contributed by atoms with E-state index in [1.54, 1.807) is 0 Å². The Balaban J connectivity index is 2.87. The predicted molar refractivity (Wildman–Crippen MR) is 58.4 cm³/mol. The van der Waals surface area contributed by atoms with Crippen molar-refractivity contribution in [2.24, 2.45) is 0 Å². The average Bonchev–Trinajstić information content (AvgIpc) is 2.28. The monoisotopic (exact) mass is 287 g/mol. The zero-order valence-corrected chi connectivity index (χ0v) is 9.66. The lowest BCUT2D eigenvalue weighted by atomic mass is 10.2. The van der Waals surface area contributed by atoms with Crippen LogP contribution in [0.25, 0.3) is 10.9 Å². The molecule has 1 heterocycles. The zero-order valence-electron chi connectivity index (χ0n) is 6.49. The summed E-state index contributed by atoms with van der Waals surface area (Å²) in [5.41, 5.74) is 2.33. The predicted octanol–water partition coefficient (Wildman–Crippen LogP) is 4.00. The van der Waals surface area contributed by atoms with Gasteiger partial charge in [-0.25, -0.2) is 0 Å². The lowest BCUT2D eigenvalue weighted by Gasteiger charge is -1.90. The summed E-state index contributed by atoms with van der Waals surface area (Å²) in [4.78, 5) is 3.29. The highest BCUT2D eigenvalue weighted by Gasteiger charge is 2.04. The largest absolute Gasteiger partial charge is 0.358 e. The third-order valence-corrected chi connectivity index (χ3v) is 3.38. The van der Waals surface area contributed by atoms with Gasteiger partial charge >= 0.3 is 0 Å². The van der Waals surface area contributed by atoms with Crippen LogP contribution in [0.1, 0.15) is 5.69 Å². The van der Waals surface area contributed by atoms with Gasteiger partial charge in [-0.2, -0.15) is 0 Å². The molecule has 1 aromatic carbocycles. The first kappa shape index (κ1) is 8.32. The fourth-order valence-corrected chi connectivity index (χ4v) is 2.08. The standard InChI is InChI=1S/C9H7Br2N/c1-5-9(11)7-3-2-6(10)4-8(7)12-5/h2-4,12H,1H3. The number of aryl methyl sites for hydroxylation is 1. The van der Waals surface area contributed by atoms with Crippen LogP contribution in [-0.2, 0) is 0 Å². The molecule has 0 saturated carbocycles. The molecule has 62 valence electrons. The molecule has 3 heteroatoms. The second-order valence-electron chi connectivity index (χ2n) is 2.75. The number of hydrogen-bond acceptors (Lipinski definition) is 0. The third-order valence-electron chi connectivity index (χ3n) is 1.87. The molecular formula is C9H7Br2N. The van der Waals surface area contributed by atoms with Crippen molar-refractivity contribution >= 4 is 42.8 Å². The number of rotatable bonds is 0. The van der Waals surface area contributed by atoms with Crippen LogP contribution in [0.5, 0.6) is 0 Å². The van der Waals surface area contributed by atoms with E-state index >= 15 is 0 Å². The third kappa shape index (κ3) is 1.21. The normalized spacial score (nSPS) is 10.9. The van der Waals surface area contributed by atoms with Crippen molar-refractivity contribution in [1.82, 2.24) is 4.98 Å². The summed E-state index contributed by atoms with van der Waals surface area (Å²) in [7, 11) is 0. The molecule has 2 aromatic rings. The van der Waals surface area contributed by atoms with E-state index < -0.39 is 0 Å². The lowest BCUT2D eigenvalue weighted by molar-refractivity contribution is 1.28. The Labute approximate surface area is 87.4 Å². The van der Waals surface area contributed by atoms with Crippen molar-refractivity contribution < 1.29 is 0 Å². The highest BCUT2D eigenvalue weighted by atomic mass is 79.9. The maximum absolute atomic E-state index is 3.53. The Morgan fingerprint density at radius 3 is 2.75 bits per heavy atom. The summed E-state index contributed by atoms with van der Waals surface area (Å²) < 4.78 is 2.26. The quantitative estimate of drug-likeness (QED) is 0.754. The van der Waals surface area contributed by atoms with Gasteiger partial charge in [0.2, 0.25) is 0 Å². The Morgan fingerprint density at radius 2 is 2.00 bits per heavy atom. The van der Waals surface area contributed by atoms with Crippen molar-refractivity contribution in [2.45, 2.75) is 6.92 Å². The van der Waals surface area contributed by atoms with E-state index in [4.69, 9.17) is 0 Å². The first-order chi connectivity index (χ1) is 5.68. The van der Waals surface area contributed by atoms with E-state index in [1.165, 1.54) is 11.1 Å². The molecule has 0 unspecified atom stereocenters. The van der Waals surface area contributed by atoms with E-state index in [9.17, 15) is 0 Å². The fraction of sp³-hybridized carbons (Fsp3) is 0.111. The maximum atomic E-state index is 3.53. The summed E-state index contributed by atoms with van der Waals surface area (Å²) in [6.07, 6.45) is 0. The second kappa shape index (κ2) is 2.89. The van der Waals surface area contributed by atoms with Gasteiger partial charge < -0.3 is 4.98 Å². The molecule has 0 aliphatic carbocycles. The number of halogens is 2. The SMILES string of the molecule is Cc1[nH]c2cc(Br)ccc2c1Br. The Morgan fingerprint density at radius 1 is 1.25 bits per heavy atom. The van der Waals surface area contributed by atoms with E-state index in [2.05, 4.69) is 55.9 Å². The molecule has 0 aliphatic heterocycles. The molecule has 0 radical (unpaired) electrons. The van der Waals surface area contributed by atoms with Crippen molar-refractivity contribution in [3.8, 4) is 0 Å². The Kier molecular flexibility index (Phi) is 2.00. The number of fused-ring (bicyclic) bond motifs is 1. The van der Waals surface area contributed by atoms with Crippen molar-refractivity contribution in [1.29, 1.82) is 0 Å². The summed E-state index contributed by atoms with van der Waals surface area (Å²) in [5, 5.41) is 1.23. The van der Waals surface area contributed by atoms with Gasteiger partial charge in [0, 0.05) is 25.5 Å². The molecule has 0 amide bonds. The number of nitrogens with one attached hydrogen (secondary N) is 1. The second-order valence-corrected chi connectivity index (χ2v) is 4.46. The van der Waals surface area contributed by atoms with Crippen LogP contribution >= 0.6 is 31.9 Å². The van der Waals surface area contributed by atoms with Crippen LogP contribution in [0.4, 0.5) is 0 Å². The molecule has 0 atom stereocenters. The minimum atomic E-state index is 1.10. The number of aromatic amines is 1. The molecule has 1 N–H and O–H groups in total. The minimum Gasteiger partial charge on any atom is -0.358 e. The fourth-order valence-electron chi connectivity index (χ4n) is 1.27. The number of hydrogen-bond donors (Lipinski definition) is 1. The summed E-state index contributed by atoms with van der Waals surface area (Å²) in [5.74, 6) is 0. The van der Waals surface area contributed by atoms with Gasteiger partial charge in [0.1, 0.15) is 0 Å². The number of aromatic nitrogens is 1. The highest BCUT2D eigenvalue weighted by Crippen LogP contribution is 2.28. The number of benzene rings is 1. The van der Waals surface area contributed by atoms with E-state index in [0.29, 0.717) is 0 Å².